The Morgan fingerprint density at radius 2 is 1.79 bits per heavy atom. The van der Waals surface area contributed by atoms with Gasteiger partial charge in [0.2, 0.25) is 11.8 Å². The molecule has 2 aliphatic rings. The second-order valence-electron chi connectivity index (χ2n) is 7.57. The van der Waals surface area contributed by atoms with Gasteiger partial charge >= 0.3 is 0 Å². The fourth-order valence-electron chi connectivity index (χ4n) is 3.71. The van der Waals surface area contributed by atoms with Crippen LogP contribution in [0.15, 0.2) is 20.1 Å². The van der Waals surface area contributed by atoms with Crippen LogP contribution >= 0.6 is 27.3 Å². The topological polar surface area (TPSA) is 78.0 Å². The van der Waals surface area contributed by atoms with Gasteiger partial charge in [-0.15, -0.1) is 11.3 Å². The molecule has 0 aromatic carbocycles. The third kappa shape index (κ3) is 4.60. The zero-order chi connectivity index (χ0) is 20.5. The van der Waals surface area contributed by atoms with E-state index in [-0.39, 0.29) is 23.7 Å². The van der Waals surface area contributed by atoms with E-state index >= 15 is 0 Å². The van der Waals surface area contributed by atoms with E-state index in [2.05, 4.69) is 15.9 Å². The van der Waals surface area contributed by atoms with E-state index in [0.29, 0.717) is 43.5 Å². The largest absolute Gasteiger partial charge is 0.342 e. The number of thiophene rings is 1. The molecule has 0 N–H and O–H groups in total. The lowest BCUT2D eigenvalue weighted by atomic mass is 9.95. The van der Waals surface area contributed by atoms with Crippen LogP contribution in [0, 0.1) is 11.8 Å². The van der Waals surface area contributed by atoms with Gasteiger partial charge in [-0.25, -0.2) is 8.42 Å². The zero-order valence-corrected chi connectivity index (χ0v) is 19.4. The lowest BCUT2D eigenvalue weighted by molar-refractivity contribution is -0.143. The first-order valence-corrected chi connectivity index (χ1v) is 12.6. The van der Waals surface area contributed by atoms with Crippen LogP contribution in [0.25, 0.3) is 0 Å². The Labute approximate surface area is 178 Å². The van der Waals surface area contributed by atoms with Gasteiger partial charge in [-0.3, -0.25) is 9.59 Å². The molecule has 2 aliphatic heterocycles. The molecule has 2 saturated heterocycles. The number of piperidine rings is 1. The summed E-state index contributed by atoms with van der Waals surface area (Å²) in [5.74, 6) is -0.125. The van der Waals surface area contributed by atoms with Crippen molar-refractivity contribution in [3.8, 4) is 0 Å². The van der Waals surface area contributed by atoms with Crippen LogP contribution in [0.1, 0.15) is 26.7 Å². The summed E-state index contributed by atoms with van der Waals surface area (Å²) >= 11 is 4.49. The maximum Gasteiger partial charge on any atom is 0.252 e. The average Bonchev–Trinajstić information content (AvgIpc) is 3.14. The van der Waals surface area contributed by atoms with Gasteiger partial charge in [-0.05, 0) is 40.9 Å². The maximum atomic E-state index is 12.9. The van der Waals surface area contributed by atoms with Crippen molar-refractivity contribution < 1.29 is 18.0 Å². The monoisotopic (exact) mass is 491 g/mol. The number of likely N-dealkylation sites (tertiary alicyclic amines) is 1. The Morgan fingerprint density at radius 3 is 2.36 bits per heavy atom. The number of hydrogen-bond acceptors (Lipinski definition) is 5. The first-order valence-electron chi connectivity index (χ1n) is 9.53. The molecular weight excluding hydrogens is 466 g/mol. The predicted molar refractivity (Wildman–Crippen MR) is 111 cm³/mol. The minimum Gasteiger partial charge on any atom is -0.342 e. The molecule has 7 nitrogen and oxygen atoms in total. The predicted octanol–water partition coefficient (Wildman–Crippen LogP) is 2.24. The minimum atomic E-state index is -3.51. The van der Waals surface area contributed by atoms with Crippen molar-refractivity contribution in [1.29, 1.82) is 0 Å². The number of amides is 2. The number of rotatable bonds is 4. The SMILES string of the molecule is CC(C)C(=O)N1CCCC(C(=O)N2CCN(S(=O)(=O)c3ccc(Br)s3)CC2)C1. The lowest BCUT2D eigenvalue weighted by Gasteiger charge is -2.38. The number of hydrogen-bond donors (Lipinski definition) is 0. The van der Waals surface area contributed by atoms with E-state index in [1.54, 1.807) is 21.9 Å². The molecule has 10 heteroatoms. The van der Waals surface area contributed by atoms with E-state index in [1.165, 1.54) is 15.6 Å². The van der Waals surface area contributed by atoms with Crippen molar-refractivity contribution in [3.05, 3.63) is 15.9 Å². The molecular formula is C18H26BrN3O4S2. The number of piperazine rings is 1. The number of nitrogens with zero attached hydrogens (tertiary/aromatic N) is 3. The summed E-state index contributed by atoms with van der Waals surface area (Å²) in [5.41, 5.74) is 0. The van der Waals surface area contributed by atoms with Gasteiger partial charge < -0.3 is 9.80 Å². The van der Waals surface area contributed by atoms with Gasteiger partial charge in [0.05, 0.1) is 9.70 Å². The van der Waals surface area contributed by atoms with Gasteiger partial charge in [-0.1, -0.05) is 13.8 Å². The standard InChI is InChI=1S/C18H26BrN3O4S2/c1-13(2)17(23)21-7-3-4-14(12-21)18(24)20-8-10-22(11-9-20)28(25,26)16-6-5-15(19)27-16/h5-6,13-14H,3-4,7-12H2,1-2H3. The molecule has 1 aromatic heterocycles. The van der Waals surface area contributed by atoms with Crippen molar-refractivity contribution in [2.45, 2.75) is 30.9 Å². The third-order valence-corrected chi connectivity index (χ3v) is 9.26. The highest BCUT2D eigenvalue weighted by atomic mass is 79.9. The average molecular weight is 492 g/mol. The summed E-state index contributed by atoms with van der Waals surface area (Å²) in [7, 11) is -3.51. The lowest BCUT2D eigenvalue weighted by Crippen LogP contribution is -2.54. The molecule has 3 heterocycles. The maximum absolute atomic E-state index is 12.9. The molecule has 1 aromatic rings. The number of carbonyl (C=O) groups excluding carboxylic acids is 2. The van der Waals surface area contributed by atoms with Gasteiger partial charge in [0, 0.05) is 45.2 Å². The molecule has 156 valence electrons. The Kier molecular flexibility index (Phi) is 6.84. The van der Waals surface area contributed by atoms with Crippen molar-refractivity contribution in [2.75, 3.05) is 39.3 Å². The molecule has 28 heavy (non-hydrogen) atoms. The summed E-state index contributed by atoms with van der Waals surface area (Å²) in [6.07, 6.45) is 1.61. The first kappa shape index (κ1) is 21.7. The number of sulfonamides is 1. The van der Waals surface area contributed by atoms with Crippen LogP contribution in [0.5, 0.6) is 0 Å². The van der Waals surface area contributed by atoms with Crippen LogP contribution < -0.4 is 0 Å². The van der Waals surface area contributed by atoms with Gasteiger partial charge in [0.1, 0.15) is 4.21 Å². The minimum absolute atomic E-state index is 0.0390. The summed E-state index contributed by atoms with van der Waals surface area (Å²) < 4.78 is 28.0. The van der Waals surface area contributed by atoms with Crippen LogP contribution in [-0.4, -0.2) is 73.6 Å². The fourth-order valence-corrected chi connectivity index (χ4v) is 7.30. The highest BCUT2D eigenvalue weighted by molar-refractivity contribution is 9.11. The molecule has 0 bridgehead atoms. The molecule has 0 aliphatic carbocycles. The normalized spacial score (nSPS) is 21.9. The Morgan fingerprint density at radius 1 is 1.11 bits per heavy atom. The Bertz CT molecular complexity index is 832. The Balaban J connectivity index is 1.58. The van der Waals surface area contributed by atoms with E-state index in [4.69, 9.17) is 0 Å². The molecule has 0 radical (unpaired) electrons. The van der Waals surface area contributed by atoms with Gasteiger partial charge in [0.25, 0.3) is 10.0 Å². The highest BCUT2D eigenvalue weighted by Crippen LogP contribution is 2.29. The molecule has 2 fully saturated rings. The van der Waals surface area contributed by atoms with Gasteiger partial charge in [0.15, 0.2) is 0 Å². The quantitative estimate of drug-likeness (QED) is 0.646. The molecule has 0 spiro atoms. The van der Waals surface area contributed by atoms with Gasteiger partial charge in [-0.2, -0.15) is 4.31 Å². The molecule has 2 amide bonds. The zero-order valence-electron chi connectivity index (χ0n) is 16.1. The fraction of sp³-hybridized carbons (Fsp3) is 0.667. The summed E-state index contributed by atoms with van der Waals surface area (Å²) in [6, 6.07) is 3.33. The summed E-state index contributed by atoms with van der Waals surface area (Å²) in [5, 5.41) is 0. The summed E-state index contributed by atoms with van der Waals surface area (Å²) in [6.45, 7) is 6.30. The number of carbonyl (C=O) groups is 2. The first-order chi connectivity index (χ1) is 13.2. The molecule has 3 rings (SSSR count). The van der Waals surface area contributed by atoms with E-state index in [1.807, 2.05) is 13.8 Å². The molecule has 0 saturated carbocycles. The van der Waals surface area contributed by atoms with E-state index in [0.717, 1.165) is 16.6 Å². The van der Waals surface area contributed by atoms with Crippen molar-refractivity contribution in [2.24, 2.45) is 11.8 Å². The van der Waals surface area contributed by atoms with E-state index in [9.17, 15) is 18.0 Å². The third-order valence-electron chi connectivity index (χ3n) is 5.27. The van der Waals surface area contributed by atoms with Crippen LogP contribution in [0.2, 0.25) is 0 Å². The smallest absolute Gasteiger partial charge is 0.252 e. The molecule has 1 atom stereocenters. The van der Waals surface area contributed by atoms with Crippen molar-refractivity contribution in [1.82, 2.24) is 14.1 Å². The van der Waals surface area contributed by atoms with E-state index < -0.39 is 10.0 Å². The second-order valence-corrected chi connectivity index (χ2v) is 12.2. The number of halogens is 1. The van der Waals surface area contributed by atoms with Crippen LogP contribution in [0.3, 0.4) is 0 Å². The highest BCUT2D eigenvalue weighted by Gasteiger charge is 2.35. The Hall–Kier alpha value is -0.970. The second kappa shape index (κ2) is 8.81. The van der Waals surface area contributed by atoms with Crippen LogP contribution in [0.4, 0.5) is 0 Å². The summed E-state index contributed by atoms with van der Waals surface area (Å²) in [4.78, 5) is 28.7. The van der Waals surface area contributed by atoms with Crippen molar-refractivity contribution >= 4 is 49.1 Å². The molecule has 1 unspecified atom stereocenters. The van der Waals surface area contributed by atoms with Crippen LogP contribution in [-0.2, 0) is 19.6 Å². The van der Waals surface area contributed by atoms with Crippen molar-refractivity contribution in [3.63, 3.8) is 0 Å².